The molecule has 0 heterocycles. The van der Waals surface area contributed by atoms with E-state index in [2.05, 4.69) is 27.7 Å². The Morgan fingerprint density at radius 1 is 0.783 bits per heavy atom. The number of carboxylic acids is 2. The maximum Gasteiger partial charge on any atom is 0.303 e. The molecule has 0 radical (unpaired) electrons. The van der Waals surface area contributed by atoms with Crippen molar-refractivity contribution < 1.29 is 24.3 Å². The summed E-state index contributed by atoms with van der Waals surface area (Å²) in [5.74, 6) is -2.01. The van der Waals surface area contributed by atoms with E-state index in [0.29, 0.717) is 12.8 Å². The summed E-state index contributed by atoms with van der Waals surface area (Å²) in [7, 11) is 0. The number of aliphatic carboxylic acids is 2. The first-order valence-electron chi connectivity index (χ1n) is 9.14. The van der Waals surface area contributed by atoms with Crippen molar-refractivity contribution in [2.75, 3.05) is 26.2 Å². The lowest BCUT2D eigenvalue weighted by Crippen LogP contribution is -2.50. The molecule has 138 valence electrons. The Kier molecular flexibility index (Phi) is 16.6. The van der Waals surface area contributed by atoms with Crippen LogP contribution in [0.2, 0.25) is 0 Å². The van der Waals surface area contributed by atoms with Gasteiger partial charge in [0.2, 0.25) is 0 Å². The molecule has 0 aromatic carbocycles. The maximum absolute atomic E-state index is 9.88. The van der Waals surface area contributed by atoms with Crippen LogP contribution in [0.15, 0.2) is 0 Å². The van der Waals surface area contributed by atoms with Crippen LogP contribution in [-0.2, 0) is 9.59 Å². The van der Waals surface area contributed by atoms with E-state index in [0.717, 1.165) is 0 Å². The largest absolute Gasteiger partial charge is 0.550 e. The molecular weight excluding hydrogens is 294 g/mol. The molecule has 0 aliphatic rings. The average molecular weight is 331 g/mol. The number of hydrogen-bond acceptors (Lipinski definition) is 3. The number of carboxylic acid groups (broad SMARTS) is 2. The molecule has 0 aliphatic heterocycles. The number of carbonyl (C=O) groups excluding carboxylic acids is 1. The fourth-order valence-electron chi connectivity index (χ4n) is 3.11. The van der Waals surface area contributed by atoms with Gasteiger partial charge in [0.15, 0.2) is 0 Å². The molecule has 0 rings (SSSR count). The lowest BCUT2D eigenvalue weighted by atomic mass is 10.2. The molecule has 0 aromatic heterocycles. The minimum atomic E-state index is -1.12. The predicted molar refractivity (Wildman–Crippen MR) is 92.0 cm³/mol. The molecule has 0 saturated carbocycles. The van der Waals surface area contributed by atoms with E-state index in [1.165, 1.54) is 56.3 Å². The van der Waals surface area contributed by atoms with E-state index in [1.54, 1.807) is 0 Å². The molecule has 0 fully saturated rings. The van der Waals surface area contributed by atoms with Crippen LogP contribution in [0.1, 0.15) is 79.1 Å². The van der Waals surface area contributed by atoms with Gasteiger partial charge in [-0.05, 0) is 44.9 Å². The number of unbranched alkanes of at least 4 members (excludes halogenated alkanes) is 1. The van der Waals surface area contributed by atoms with Crippen molar-refractivity contribution in [2.24, 2.45) is 0 Å². The first-order valence-corrected chi connectivity index (χ1v) is 9.14. The Bertz CT molecular complexity index is 260. The van der Waals surface area contributed by atoms with Crippen LogP contribution in [0, 0.1) is 0 Å². The second-order valence-electron chi connectivity index (χ2n) is 6.21. The predicted octanol–water partition coefficient (Wildman–Crippen LogP) is 2.82. The summed E-state index contributed by atoms with van der Waals surface area (Å²) < 4.78 is 1.38. The minimum Gasteiger partial charge on any atom is -0.550 e. The highest BCUT2D eigenvalue weighted by molar-refractivity contribution is 5.67. The van der Waals surface area contributed by atoms with Crippen LogP contribution in [0.3, 0.4) is 0 Å². The molecule has 0 aromatic rings. The third kappa shape index (κ3) is 15.6. The second-order valence-corrected chi connectivity index (χ2v) is 6.21. The van der Waals surface area contributed by atoms with Gasteiger partial charge >= 0.3 is 5.97 Å². The van der Waals surface area contributed by atoms with E-state index in [4.69, 9.17) is 5.11 Å². The van der Waals surface area contributed by atoms with E-state index >= 15 is 0 Å². The molecule has 1 N–H and O–H groups in total. The van der Waals surface area contributed by atoms with Crippen LogP contribution in [-0.4, -0.2) is 47.7 Å². The number of quaternary nitrogens is 1. The Hall–Kier alpha value is -1.10. The third-order valence-corrected chi connectivity index (χ3v) is 3.81. The van der Waals surface area contributed by atoms with Crippen molar-refractivity contribution in [3.63, 3.8) is 0 Å². The Labute approximate surface area is 142 Å². The zero-order valence-corrected chi connectivity index (χ0v) is 15.6. The fraction of sp³-hybridized carbons (Fsp3) is 0.889. The highest BCUT2D eigenvalue weighted by Crippen LogP contribution is 2.12. The molecule has 0 bridgehead atoms. The van der Waals surface area contributed by atoms with E-state index in [-0.39, 0.29) is 12.8 Å². The lowest BCUT2D eigenvalue weighted by molar-refractivity contribution is -0.928. The Morgan fingerprint density at radius 2 is 1.13 bits per heavy atom. The van der Waals surface area contributed by atoms with E-state index < -0.39 is 11.9 Å². The van der Waals surface area contributed by atoms with Crippen molar-refractivity contribution in [1.82, 2.24) is 0 Å². The highest BCUT2D eigenvalue weighted by atomic mass is 16.4. The SMILES string of the molecule is CCC[N+](CCC)(CCC)CCC.O=C([O-])CCCCC(=O)O. The van der Waals surface area contributed by atoms with E-state index in [1.807, 2.05) is 0 Å². The molecule has 0 aliphatic carbocycles. The summed E-state index contributed by atoms with van der Waals surface area (Å²) in [6.07, 6.45) is 6.11. The second kappa shape index (κ2) is 15.8. The van der Waals surface area contributed by atoms with Gasteiger partial charge in [0.25, 0.3) is 0 Å². The zero-order valence-electron chi connectivity index (χ0n) is 15.6. The molecule has 23 heavy (non-hydrogen) atoms. The first-order chi connectivity index (χ1) is 10.9. The number of rotatable bonds is 13. The molecule has 0 amide bonds. The molecular formula is C18H37NO4. The molecule has 0 spiro atoms. The molecule has 0 saturated heterocycles. The number of hydrogen-bond donors (Lipinski definition) is 1. The summed E-state index contributed by atoms with van der Waals surface area (Å²) in [4.78, 5) is 19.7. The molecule has 5 nitrogen and oxygen atoms in total. The van der Waals surface area contributed by atoms with E-state index in [9.17, 15) is 14.7 Å². The van der Waals surface area contributed by atoms with Gasteiger partial charge in [0, 0.05) is 12.4 Å². The van der Waals surface area contributed by atoms with Gasteiger partial charge in [-0.15, -0.1) is 0 Å². The smallest absolute Gasteiger partial charge is 0.303 e. The van der Waals surface area contributed by atoms with Gasteiger partial charge in [-0.2, -0.15) is 0 Å². The third-order valence-electron chi connectivity index (χ3n) is 3.81. The van der Waals surface area contributed by atoms with Gasteiger partial charge in [0.05, 0.1) is 26.2 Å². The maximum atomic E-state index is 9.88. The van der Waals surface area contributed by atoms with Crippen LogP contribution in [0.5, 0.6) is 0 Å². The van der Waals surface area contributed by atoms with Crippen LogP contribution >= 0.6 is 0 Å². The number of carbonyl (C=O) groups is 2. The lowest BCUT2D eigenvalue weighted by Gasteiger charge is -2.38. The van der Waals surface area contributed by atoms with Crippen LogP contribution in [0.25, 0.3) is 0 Å². The van der Waals surface area contributed by atoms with Gasteiger partial charge in [-0.25, -0.2) is 0 Å². The van der Waals surface area contributed by atoms with Gasteiger partial charge in [0.1, 0.15) is 0 Å². The minimum absolute atomic E-state index is 0.0350. The quantitative estimate of drug-likeness (QED) is 0.416. The van der Waals surface area contributed by atoms with Crippen LogP contribution in [0.4, 0.5) is 0 Å². The van der Waals surface area contributed by atoms with Crippen molar-refractivity contribution in [3.8, 4) is 0 Å². The summed E-state index contributed by atoms with van der Waals surface area (Å²) >= 11 is 0. The first kappa shape index (κ1) is 24.2. The molecule has 5 heteroatoms. The summed E-state index contributed by atoms with van der Waals surface area (Å²) in [6, 6.07) is 0. The zero-order chi connectivity index (χ0) is 18.1. The normalized spacial score (nSPS) is 10.8. The monoisotopic (exact) mass is 331 g/mol. The summed E-state index contributed by atoms with van der Waals surface area (Å²) in [6.45, 7) is 14.8. The highest BCUT2D eigenvalue weighted by Gasteiger charge is 2.22. The molecule has 0 atom stereocenters. The van der Waals surface area contributed by atoms with Gasteiger partial charge < -0.3 is 19.5 Å². The average Bonchev–Trinajstić information content (AvgIpc) is 2.45. The summed E-state index contributed by atoms with van der Waals surface area (Å²) in [5.41, 5.74) is 0. The fourth-order valence-corrected chi connectivity index (χ4v) is 3.11. The standard InChI is InChI=1S/C12H28N.C6H10O4/c1-5-9-13(10-6-2,11-7-3)12-8-4;7-5(8)3-1-2-4-6(9)10/h5-12H2,1-4H3;1-4H2,(H,7,8)(H,9,10)/q+1;/p-1. The Balaban J connectivity index is 0. The topological polar surface area (TPSA) is 77.4 Å². The van der Waals surface area contributed by atoms with Gasteiger partial charge in [-0.1, -0.05) is 27.7 Å². The van der Waals surface area contributed by atoms with Crippen molar-refractivity contribution in [3.05, 3.63) is 0 Å². The molecule has 0 unspecified atom stereocenters. The van der Waals surface area contributed by atoms with Crippen molar-refractivity contribution >= 4 is 11.9 Å². The van der Waals surface area contributed by atoms with Crippen molar-refractivity contribution in [1.29, 1.82) is 0 Å². The van der Waals surface area contributed by atoms with Gasteiger partial charge in [-0.3, -0.25) is 4.79 Å². The summed E-state index contributed by atoms with van der Waals surface area (Å²) in [5, 5.41) is 17.9. The van der Waals surface area contributed by atoms with Crippen molar-refractivity contribution in [2.45, 2.75) is 79.1 Å². The van der Waals surface area contributed by atoms with Crippen LogP contribution < -0.4 is 5.11 Å². The number of nitrogens with zero attached hydrogens (tertiary/aromatic N) is 1. The Morgan fingerprint density at radius 3 is 1.39 bits per heavy atom.